The number of thiazole rings is 1. The Morgan fingerprint density at radius 1 is 1.30 bits per heavy atom. The number of aromatic nitrogens is 1. The van der Waals surface area contributed by atoms with Gasteiger partial charge in [-0.3, -0.25) is 10.1 Å². The summed E-state index contributed by atoms with van der Waals surface area (Å²) in [5.41, 5.74) is 1.06. The van der Waals surface area contributed by atoms with Crippen LogP contribution in [0.5, 0.6) is 0 Å². The Hall–Kier alpha value is -2.11. The third kappa shape index (κ3) is 4.96. The van der Waals surface area contributed by atoms with Gasteiger partial charge >= 0.3 is 0 Å². The van der Waals surface area contributed by atoms with E-state index in [1.54, 1.807) is 23.5 Å². The van der Waals surface area contributed by atoms with Crippen LogP contribution in [0.1, 0.15) is 28.1 Å². The van der Waals surface area contributed by atoms with Crippen molar-refractivity contribution in [2.75, 3.05) is 18.5 Å². The molecule has 1 saturated heterocycles. The number of ether oxygens (including phenoxy) is 1. The van der Waals surface area contributed by atoms with Crippen LogP contribution in [-0.4, -0.2) is 38.6 Å². The minimum atomic E-state index is -3.73. The van der Waals surface area contributed by atoms with Gasteiger partial charge < -0.3 is 4.74 Å². The summed E-state index contributed by atoms with van der Waals surface area (Å²) >= 11 is 2.96. The molecule has 158 valence electrons. The van der Waals surface area contributed by atoms with Crippen LogP contribution in [0.15, 0.2) is 46.7 Å². The van der Waals surface area contributed by atoms with E-state index in [-0.39, 0.29) is 23.1 Å². The van der Waals surface area contributed by atoms with Crippen LogP contribution in [0.4, 0.5) is 5.13 Å². The van der Waals surface area contributed by atoms with E-state index in [4.69, 9.17) is 4.74 Å². The van der Waals surface area contributed by atoms with Gasteiger partial charge in [-0.25, -0.2) is 18.1 Å². The van der Waals surface area contributed by atoms with E-state index in [1.807, 2.05) is 24.4 Å². The van der Waals surface area contributed by atoms with Gasteiger partial charge in [0.2, 0.25) is 10.0 Å². The van der Waals surface area contributed by atoms with Crippen LogP contribution in [0, 0.1) is 6.92 Å². The molecule has 0 spiro atoms. The number of hydrogen-bond acceptors (Lipinski definition) is 7. The number of sulfonamides is 1. The summed E-state index contributed by atoms with van der Waals surface area (Å²) in [6.45, 7) is 2.91. The number of benzene rings is 1. The van der Waals surface area contributed by atoms with E-state index >= 15 is 0 Å². The van der Waals surface area contributed by atoms with Crippen LogP contribution in [-0.2, 0) is 14.8 Å². The Balaban J connectivity index is 1.44. The van der Waals surface area contributed by atoms with E-state index in [2.05, 4.69) is 15.0 Å². The summed E-state index contributed by atoms with van der Waals surface area (Å²) in [4.78, 5) is 19.4. The third-order valence-electron chi connectivity index (χ3n) is 4.65. The molecule has 1 aromatic carbocycles. The van der Waals surface area contributed by atoms with Gasteiger partial charge in [0, 0.05) is 29.0 Å². The maximum atomic E-state index is 12.6. The van der Waals surface area contributed by atoms with E-state index in [0.717, 1.165) is 23.4 Å². The zero-order valence-corrected chi connectivity index (χ0v) is 18.7. The molecule has 7 nitrogen and oxygen atoms in total. The fourth-order valence-corrected chi connectivity index (χ4v) is 5.80. The number of hydrogen-bond donors (Lipinski definition) is 2. The lowest BCUT2D eigenvalue weighted by Gasteiger charge is -2.12. The Morgan fingerprint density at radius 2 is 2.17 bits per heavy atom. The highest BCUT2D eigenvalue weighted by molar-refractivity contribution is 7.89. The summed E-state index contributed by atoms with van der Waals surface area (Å²) in [5, 5.41) is 5.10. The molecule has 30 heavy (non-hydrogen) atoms. The van der Waals surface area contributed by atoms with Crippen molar-refractivity contribution < 1.29 is 17.9 Å². The van der Waals surface area contributed by atoms with Gasteiger partial charge in [0.05, 0.1) is 21.6 Å². The fraction of sp³-hybridized carbons (Fsp3) is 0.300. The topological polar surface area (TPSA) is 97.4 Å². The first-order chi connectivity index (χ1) is 14.4. The van der Waals surface area contributed by atoms with Gasteiger partial charge in [0.25, 0.3) is 5.91 Å². The molecule has 2 aromatic heterocycles. The SMILES string of the molecule is Cc1ccc(-c2csc(NC(=O)c3cccc(S(=O)(=O)NC[C@@H]4CCCO4)c3)n2)s1. The van der Waals surface area contributed by atoms with E-state index in [0.29, 0.717) is 11.7 Å². The minimum absolute atomic E-state index is 0.0436. The fourth-order valence-electron chi connectivity index (χ4n) is 3.08. The highest BCUT2D eigenvalue weighted by Crippen LogP contribution is 2.30. The second-order valence-electron chi connectivity index (χ2n) is 6.92. The van der Waals surface area contributed by atoms with E-state index < -0.39 is 15.9 Å². The van der Waals surface area contributed by atoms with Crippen molar-refractivity contribution in [2.24, 2.45) is 0 Å². The molecule has 0 aliphatic carbocycles. The number of aryl methyl sites for hydroxylation is 1. The summed E-state index contributed by atoms with van der Waals surface area (Å²) in [7, 11) is -3.73. The number of amides is 1. The second kappa shape index (κ2) is 8.94. The standard InChI is InChI=1S/C20H21N3O4S3/c1-13-7-8-18(29-13)17-12-28-20(22-17)23-19(24)14-4-2-6-16(10-14)30(25,26)21-11-15-5-3-9-27-15/h2,4,6-8,10,12,15,21H,3,5,9,11H2,1H3,(H,22,23,24)/t15-/m0/s1. The van der Waals surface area contributed by atoms with E-state index in [9.17, 15) is 13.2 Å². The zero-order valence-electron chi connectivity index (χ0n) is 16.3. The molecule has 0 unspecified atom stereocenters. The first-order valence-corrected chi connectivity index (χ1v) is 12.6. The van der Waals surface area contributed by atoms with Crippen molar-refractivity contribution >= 4 is 43.7 Å². The smallest absolute Gasteiger partial charge is 0.257 e. The van der Waals surface area contributed by atoms with Crippen molar-refractivity contribution in [3.8, 4) is 10.6 Å². The Kier molecular flexibility index (Phi) is 6.30. The lowest BCUT2D eigenvalue weighted by molar-refractivity contribution is 0.102. The highest BCUT2D eigenvalue weighted by Gasteiger charge is 2.21. The first-order valence-electron chi connectivity index (χ1n) is 9.46. The molecule has 2 N–H and O–H groups in total. The molecule has 0 saturated carbocycles. The maximum absolute atomic E-state index is 12.6. The summed E-state index contributed by atoms with van der Waals surface area (Å²) in [6, 6.07) is 9.98. The van der Waals surface area contributed by atoms with Crippen LogP contribution >= 0.6 is 22.7 Å². The normalized spacial score (nSPS) is 16.6. The Morgan fingerprint density at radius 3 is 2.90 bits per heavy atom. The van der Waals surface area contributed by atoms with Crippen molar-refractivity contribution in [3.63, 3.8) is 0 Å². The van der Waals surface area contributed by atoms with Gasteiger partial charge in [-0.2, -0.15) is 0 Å². The summed E-state index contributed by atoms with van der Waals surface area (Å²) < 4.78 is 33.2. The average Bonchev–Trinajstić information content (AvgIpc) is 3.48. The number of carbonyl (C=O) groups excluding carboxylic acids is 1. The summed E-state index contributed by atoms with van der Waals surface area (Å²) in [6.07, 6.45) is 1.68. The molecule has 3 aromatic rings. The molecule has 1 atom stereocenters. The Labute approximate surface area is 183 Å². The molecule has 0 bridgehead atoms. The van der Waals surface area contributed by atoms with Crippen LogP contribution in [0.2, 0.25) is 0 Å². The van der Waals surface area contributed by atoms with Crippen LogP contribution in [0.25, 0.3) is 10.6 Å². The molecule has 4 rings (SSSR count). The lowest BCUT2D eigenvalue weighted by Crippen LogP contribution is -2.32. The molecule has 1 fully saturated rings. The van der Waals surface area contributed by atoms with Crippen LogP contribution in [0.3, 0.4) is 0 Å². The summed E-state index contributed by atoms with van der Waals surface area (Å²) in [5.74, 6) is -0.408. The van der Waals surface area contributed by atoms with Crippen LogP contribution < -0.4 is 10.0 Å². The van der Waals surface area contributed by atoms with Crippen molar-refractivity contribution in [2.45, 2.75) is 30.8 Å². The van der Waals surface area contributed by atoms with Gasteiger partial charge in [0.15, 0.2) is 5.13 Å². The second-order valence-corrected chi connectivity index (χ2v) is 10.8. The number of nitrogens with one attached hydrogen (secondary N) is 2. The molecular weight excluding hydrogens is 442 g/mol. The predicted octanol–water partition coefficient (Wildman–Crippen LogP) is 3.89. The minimum Gasteiger partial charge on any atom is -0.377 e. The Bertz CT molecular complexity index is 1150. The monoisotopic (exact) mass is 463 g/mol. The average molecular weight is 464 g/mol. The lowest BCUT2D eigenvalue weighted by atomic mass is 10.2. The third-order valence-corrected chi connectivity index (χ3v) is 7.85. The quantitative estimate of drug-likeness (QED) is 0.554. The highest BCUT2D eigenvalue weighted by atomic mass is 32.2. The zero-order chi connectivity index (χ0) is 21.1. The number of nitrogens with zero attached hydrogens (tertiary/aromatic N) is 1. The first kappa shape index (κ1) is 21.1. The molecule has 3 heterocycles. The molecule has 0 radical (unpaired) electrons. The molecule has 1 aliphatic heterocycles. The van der Waals surface area contributed by atoms with Crippen molar-refractivity contribution in [1.29, 1.82) is 0 Å². The molecule has 1 aliphatic rings. The molecule has 10 heteroatoms. The predicted molar refractivity (Wildman–Crippen MR) is 119 cm³/mol. The molecular formula is C20H21N3O4S3. The van der Waals surface area contributed by atoms with Gasteiger partial charge in [0.1, 0.15) is 0 Å². The van der Waals surface area contributed by atoms with Gasteiger partial charge in [-0.15, -0.1) is 22.7 Å². The number of rotatable bonds is 7. The van der Waals surface area contributed by atoms with E-state index in [1.165, 1.54) is 28.3 Å². The van der Waals surface area contributed by atoms with Gasteiger partial charge in [-0.05, 0) is 50.1 Å². The number of carbonyl (C=O) groups is 1. The number of thiophene rings is 1. The maximum Gasteiger partial charge on any atom is 0.257 e. The van der Waals surface area contributed by atoms with Gasteiger partial charge in [-0.1, -0.05) is 6.07 Å². The van der Waals surface area contributed by atoms with Crippen molar-refractivity contribution in [1.82, 2.24) is 9.71 Å². The van der Waals surface area contributed by atoms with Crippen molar-refractivity contribution in [3.05, 3.63) is 52.2 Å². The number of anilines is 1. The largest absolute Gasteiger partial charge is 0.377 e. The molecule has 1 amide bonds.